The largest absolute Gasteiger partial charge is 0.464 e. The first-order valence-electron chi connectivity index (χ1n) is 7.39. The van der Waals surface area contributed by atoms with E-state index in [4.69, 9.17) is 10.5 Å². The molecule has 0 bridgehead atoms. The summed E-state index contributed by atoms with van der Waals surface area (Å²) in [5, 5.41) is 0. The molecule has 0 spiro atoms. The minimum absolute atomic E-state index is 0.226. The van der Waals surface area contributed by atoms with Crippen LogP contribution in [-0.2, 0) is 0 Å². The Bertz CT molecular complexity index is 468. The van der Waals surface area contributed by atoms with Gasteiger partial charge in [-0.2, -0.15) is 15.0 Å². The normalized spacial score (nSPS) is 23.4. The van der Waals surface area contributed by atoms with Gasteiger partial charge in [0.05, 0.1) is 6.61 Å². The molecule has 2 aliphatic rings. The van der Waals surface area contributed by atoms with Gasteiger partial charge in [0.25, 0.3) is 0 Å². The zero-order chi connectivity index (χ0) is 13.9. The summed E-state index contributed by atoms with van der Waals surface area (Å²) < 4.78 is 5.35. The number of nitrogens with zero attached hydrogens (tertiary/aromatic N) is 5. The fourth-order valence-electron chi connectivity index (χ4n) is 3.03. The molecule has 20 heavy (non-hydrogen) atoms. The summed E-state index contributed by atoms with van der Waals surface area (Å²) >= 11 is 0. The van der Waals surface area contributed by atoms with Crippen molar-refractivity contribution in [2.24, 2.45) is 0 Å². The lowest BCUT2D eigenvalue weighted by atomic mass is 10.00. The highest BCUT2D eigenvalue weighted by Crippen LogP contribution is 2.24. The Kier molecular flexibility index (Phi) is 3.86. The van der Waals surface area contributed by atoms with Crippen LogP contribution in [0.1, 0.15) is 26.2 Å². The summed E-state index contributed by atoms with van der Waals surface area (Å²) in [7, 11) is 0. The van der Waals surface area contributed by atoms with E-state index in [1.54, 1.807) is 0 Å². The van der Waals surface area contributed by atoms with Crippen LogP contribution >= 0.6 is 0 Å². The molecule has 2 fully saturated rings. The standard InChI is InChI=1S/C13H22N6O/c1-2-20-13-16-11(14)15-12(17-13)19-8-7-18-6-4-3-5-10(18)9-19/h10H,2-9H2,1H3,(H2,14,15,16,17). The number of piperidine rings is 1. The quantitative estimate of drug-likeness (QED) is 0.863. The molecule has 7 nitrogen and oxygen atoms in total. The molecule has 2 aliphatic heterocycles. The second-order valence-corrected chi connectivity index (χ2v) is 5.34. The minimum atomic E-state index is 0.226. The minimum Gasteiger partial charge on any atom is -0.464 e. The number of aromatic nitrogens is 3. The first-order valence-corrected chi connectivity index (χ1v) is 7.39. The van der Waals surface area contributed by atoms with Crippen molar-refractivity contribution in [2.45, 2.75) is 32.2 Å². The monoisotopic (exact) mass is 278 g/mol. The van der Waals surface area contributed by atoms with Crippen molar-refractivity contribution in [3.8, 4) is 6.01 Å². The van der Waals surface area contributed by atoms with Crippen LogP contribution in [0.5, 0.6) is 6.01 Å². The molecule has 0 radical (unpaired) electrons. The average molecular weight is 278 g/mol. The molecule has 0 saturated carbocycles. The lowest BCUT2D eigenvalue weighted by Gasteiger charge is -2.43. The maximum absolute atomic E-state index is 5.75. The molecular weight excluding hydrogens is 256 g/mol. The van der Waals surface area contributed by atoms with E-state index < -0.39 is 0 Å². The molecule has 0 aromatic carbocycles. The van der Waals surface area contributed by atoms with Crippen molar-refractivity contribution in [2.75, 3.05) is 43.4 Å². The predicted octanol–water partition coefficient (Wildman–Crippen LogP) is 0.527. The number of nitrogens with two attached hydrogens (primary N) is 1. The van der Waals surface area contributed by atoms with Crippen molar-refractivity contribution >= 4 is 11.9 Å². The first-order chi connectivity index (χ1) is 9.76. The van der Waals surface area contributed by atoms with Crippen molar-refractivity contribution in [3.63, 3.8) is 0 Å². The molecule has 1 atom stereocenters. The molecule has 110 valence electrons. The van der Waals surface area contributed by atoms with Gasteiger partial charge in [0, 0.05) is 25.7 Å². The predicted molar refractivity (Wildman–Crippen MR) is 76.8 cm³/mol. The van der Waals surface area contributed by atoms with Crippen LogP contribution in [0, 0.1) is 0 Å². The van der Waals surface area contributed by atoms with Crippen LogP contribution in [0.4, 0.5) is 11.9 Å². The molecule has 0 aliphatic carbocycles. The van der Waals surface area contributed by atoms with Gasteiger partial charge in [0.2, 0.25) is 11.9 Å². The number of hydrogen-bond acceptors (Lipinski definition) is 7. The Morgan fingerprint density at radius 3 is 2.95 bits per heavy atom. The van der Waals surface area contributed by atoms with Gasteiger partial charge in [0.15, 0.2) is 0 Å². The van der Waals surface area contributed by atoms with Gasteiger partial charge in [-0.05, 0) is 26.3 Å². The Morgan fingerprint density at radius 1 is 1.20 bits per heavy atom. The molecule has 2 saturated heterocycles. The van der Waals surface area contributed by atoms with E-state index in [1.165, 1.54) is 25.8 Å². The second-order valence-electron chi connectivity index (χ2n) is 5.34. The van der Waals surface area contributed by atoms with Gasteiger partial charge in [-0.15, -0.1) is 0 Å². The highest BCUT2D eigenvalue weighted by molar-refractivity contribution is 5.37. The van der Waals surface area contributed by atoms with E-state index in [0.29, 0.717) is 24.6 Å². The number of rotatable bonds is 3. The summed E-state index contributed by atoms with van der Waals surface area (Å²) in [6.45, 7) is 6.63. The number of nitrogen functional groups attached to an aromatic ring is 1. The van der Waals surface area contributed by atoms with E-state index in [9.17, 15) is 0 Å². The number of anilines is 2. The van der Waals surface area contributed by atoms with Gasteiger partial charge >= 0.3 is 6.01 Å². The van der Waals surface area contributed by atoms with Gasteiger partial charge < -0.3 is 15.4 Å². The van der Waals surface area contributed by atoms with Crippen LogP contribution in [0.15, 0.2) is 0 Å². The van der Waals surface area contributed by atoms with Crippen LogP contribution < -0.4 is 15.4 Å². The average Bonchev–Trinajstić information content (AvgIpc) is 2.46. The molecule has 0 amide bonds. The van der Waals surface area contributed by atoms with Crippen LogP contribution in [-0.4, -0.2) is 58.7 Å². The summed E-state index contributed by atoms with van der Waals surface area (Å²) in [6, 6.07) is 0.937. The topological polar surface area (TPSA) is 80.4 Å². The highest BCUT2D eigenvalue weighted by atomic mass is 16.5. The first kappa shape index (κ1) is 13.4. The Morgan fingerprint density at radius 2 is 2.10 bits per heavy atom. The van der Waals surface area contributed by atoms with E-state index in [1.807, 2.05) is 6.92 Å². The van der Waals surface area contributed by atoms with E-state index in [2.05, 4.69) is 24.8 Å². The Hall–Kier alpha value is -1.63. The number of fused-ring (bicyclic) bond motifs is 1. The summed E-state index contributed by atoms with van der Waals surface area (Å²) in [4.78, 5) is 17.4. The molecule has 1 aromatic heterocycles. The summed E-state index contributed by atoms with van der Waals surface area (Å²) in [5.74, 6) is 0.871. The SMILES string of the molecule is CCOc1nc(N)nc(N2CCN3CCCCC3C2)n1. The third-order valence-corrected chi connectivity index (χ3v) is 4.01. The van der Waals surface area contributed by atoms with Gasteiger partial charge in [-0.1, -0.05) is 6.42 Å². The Labute approximate surface area is 119 Å². The smallest absolute Gasteiger partial charge is 0.323 e. The van der Waals surface area contributed by atoms with E-state index >= 15 is 0 Å². The fraction of sp³-hybridized carbons (Fsp3) is 0.769. The zero-order valence-electron chi connectivity index (χ0n) is 12.0. The molecule has 2 N–H and O–H groups in total. The lowest BCUT2D eigenvalue weighted by molar-refractivity contribution is 0.132. The molecule has 1 aromatic rings. The zero-order valence-corrected chi connectivity index (χ0v) is 12.0. The third-order valence-electron chi connectivity index (χ3n) is 4.01. The van der Waals surface area contributed by atoms with Gasteiger partial charge in [-0.25, -0.2) is 0 Å². The maximum Gasteiger partial charge on any atom is 0.323 e. The molecule has 3 rings (SSSR count). The molecule has 1 unspecified atom stereocenters. The lowest BCUT2D eigenvalue weighted by Crippen LogP contribution is -2.55. The van der Waals surface area contributed by atoms with Crippen molar-refractivity contribution in [1.82, 2.24) is 19.9 Å². The molecule has 3 heterocycles. The van der Waals surface area contributed by atoms with Gasteiger partial charge in [0.1, 0.15) is 0 Å². The maximum atomic E-state index is 5.75. The van der Waals surface area contributed by atoms with E-state index in [0.717, 1.165) is 19.6 Å². The number of ether oxygens (including phenoxy) is 1. The van der Waals surface area contributed by atoms with Crippen LogP contribution in [0.3, 0.4) is 0 Å². The molecular formula is C13H22N6O. The Balaban J connectivity index is 1.75. The van der Waals surface area contributed by atoms with Crippen LogP contribution in [0.2, 0.25) is 0 Å². The fourth-order valence-corrected chi connectivity index (χ4v) is 3.03. The van der Waals surface area contributed by atoms with E-state index in [-0.39, 0.29) is 5.95 Å². The molecule has 7 heteroatoms. The van der Waals surface area contributed by atoms with Gasteiger partial charge in [-0.3, -0.25) is 4.90 Å². The third kappa shape index (κ3) is 2.77. The summed E-state index contributed by atoms with van der Waals surface area (Å²) in [6.07, 6.45) is 3.90. The van der Waals surface area contributed by atoms with Crippen molar-refractivity contribution in [3.05, 3.63) is 0 Å². The number of piperazine rings is 1. The van der Waals surface area contributed by atoms with Crippen LogP contribution in [0.25, 0.3) is 0 Å². The highest BCUT2D eigenvalue weighted by Gasteiger charge is 2.30. The summed E-state index contributed by atoms with van der Waals surface area (Å²) in [5.41, 5.74) is 5.75. The number of hydrogen-bond donors (Lipinski definition) is 1. The van der Waals surface area contributed by atoms with Crippen molar-refractivity contribution in [1.29, 1.82) is 0 Å². The second kappa shape index (κ2) is 5.78. The van der Waals surface area contributed by atoms with Crippen molar-refractivity contribution < 1.29 is 4.74 Å².